The van der Waals surface area contributed by atoms with E-state index in [2.05, 4.69) is 16.0 Å². The predicted molar refractivity (Wildman–Crippen MR) is 87.2 cm³/mol. The quantitative estimate of drug-likeness (QED) is 0.546. The Balaban J connectivity index is 1.91. The number of thiazole rings is 1. The van der Waals surface area contributed by atoms with Crippen LogP contribution >= 0.6 is 11.3 Å². The minimum Gasteiger partial charge on any atom is -0.333 e. The van der Waals surface area contributed by atoms with Crippen LogP contribution in [-0.2, 0) is 7.05 Å². The Hall–Kier alpha value is -2.53. The van der Waals surface area contributed by atoms with E-state index in [4.69, 9.17) is 0 Å². The van der Waals surface area contributed by atoms with Crippen molar-refractivity contribution < 1.29 is 4.39 Å². The van der Waals surface area contributed by atoms with E-state index in [9.17, 15) is 4.39 Å². The Morgan fingerprint density at radius 3 is 2.59 bits per heavy atom. The van der Waals surface area contributed by atoms with Gasteiger partial charge in [-0.25, -0.2) is 14.4 Å². The average Bonchev–Trinajstić information content (AvgIpc) is 3.13. The normalized spacial score (nSPS) is 11.2. The Labute approximate surface area is 130 Å². The Kier molecular flexibility index (Phi) is 3.01. The summed E-state index contributed by atoms with van der Waals surface area (Å²) < 4.78 is 16.3. The number of halogens is 1. The van der Waals surface area contributed by atoms with Crippen LogP contribution in [0, 0.1) is 5.82 Å². The SMILES string of the molecule is Cn1cnc(-c2ccc(F)cc2)c1-c1ccc2ncsc2c1. The highest BCUT2D eigenvalue weighted by atomic mass is 32.1. The van der Waals surface area contributed by atoms with Crippen molar-refractivity contribution in [3.8, 4) is 22.5 Å². The van der Waals surface area contributed by atoms with Crippen LogP contribution in [0.1, 0.15) is 0 Å². The van der Waals surface area contributed by atoms with E-state index in [0.717, 1.165) is 32.7 Å². The minimum atomic E-state index is -0.243. The van der Waals surface area contributed by atoms with Crippen LogP contribution in [0.15, 0.2) is 54.3 Å². The van der Waals surface area contributed by atoms with Gasteiger partial charge in [0.1, 0.15) is 5.82 Å². The molecule has 0 aliphatic heterocycles. The smallest absolute Gasteiger partial charge is 0.123 e. The first kappa shape index (κ1) is 13.2. The number of imidazole rings is 1. The zero-order valence-corrected chi connectivity index (χ0v) is 12.6. The molecular weight excluding hydrogens is 297 g/mol. The maximum atomic E-state index is 13.1. The molecule has 0 atom stereocenters. The van der Waals surface area contributed by atoms with Crippen LogP contribution in [0.3, 0.4) is 0 Å². The van der Waals surface area contributed by atoms with Gasteiger partial charge >= 0.3 is 0 Å². The first-order valence-electron chi connectivity index (χ1n) is 6.83. The van der Waals surface area contributed by atoms with Crippen molar-refractivity contribution in [3.63, 3.8) is 0 Å². The Bertz CT molecular complexity index is 954. The summed E-state index contributed by atoms with van der Waals surface area (Å²) >= 11 is 1.62. The lowest BCUT2D eigenvalue weighted by atomic mass is 10.0. The molecule has 0 amide bonds. The van der Waals surface area contributed by atoms with Gasteiger partial charge in [-0.2, -0.15) is 0 Å². The molecule has 2 aromatic heterocycles. The molecule has 0 saturated heterocycles. The number of aromatic nitrogens is 3. The number of fused-ring (bicyclic) bond motifs is 1. The largest absolute Gasteiger partial charge is 0.333 e. The topological polar surface area (TPSA) is 30.7 Å². The minimum absolute atomic E-state index is 0.243. The average molecular weight is 309 g/mol. The number of hydrogen-bond donors (Lipinski definition) is 0. The first-order chi connectivity index (χ1) is 10.7. The van der Waals surface area contributed by atoms with E-state index >= 15 is 0 Å². The highest BCUT2D eigenvalue weighted by Gasteiger charge is 2.14. The third kappa shape index (κ3) is 2.10. The third-order valence-corrected chi connectivity index (χ3v) is 4.45. The number of hydrogen-bond acceptors (Lipinski definition) is 3. The van der Waals surface area contributed by atoms with Gasteiger partial charge in [-0.15, -0.1) is 11.3 Å². The molecule has 4 aromatic rings. The van der Waals surface area contributed by atoms with Gasteiger partial charge in [-0.05, 0) is 36.4 Å². The number of nitrogens with zero attached hydrogens (tertiary/aromatic N) is 3. The molecule has 108 valence electrons. The van der Waals surface area contributed by atoms with Gasteiger partial charge in [0.15, 0.2) is 0 Å². The van der Waals surface area contributed by atoms with Crippen LogP contribution < -0.4 is 0 Å². The zero-order valence-electron chi connectivity index (χ0n) is 11.8. The molecule has 0 N–H and O–H groups in total. The monoisotopic (exact) mass is 309 g/mol. The van der Waals surface area contributed by atoms with Crippen LogP contribution in [0.25, 0.3) is 32.7 Å². The molecule has 2 heterocycles. The van der Waals surface area contributed by atoms with E-state index in [1.54, 1.807) is 29.8 Å². The van der Waals surface area contributed by atoms with Crippen molar-refractivity contribution in [2.75, 3.05) is 0 Å². The molecule has 0 aliphatic rings. The number of aryl methyl sites for hydroxylation is 1. The molecule has 22 heavy (non-hydrogen) atoms. The van der Waals surface area contributed by atoms with Gasteiger partial charge < -0.3 is 4.57 Å². The lowest BCUT2D eigenvalue weighted by Gasteiger charge is -2.07. The van der Waals surface area contributed by atoms with E-state index in [1.165, 1.54) is 12.1 Å². The van der Waals surface area contributed by atoms with Gasteiger partial charge in [0.25, 0.3) is 0 Å². The van der Waals surface area contributed by atoms with Crippen LogP contribution in [0.2, 0.25) is 0 Å². The Morgan fingerprint density at radius 2 is 1.77 bits per heavy atom. The molecule has 5 heteroatoms. The molecule has 0 fully saturated rings. The fourth-order valence-corrected chi connectivity index (χ4v) is 3.31. The predicted octanol–water partition coefficient (Wildman–Crippen LogP) is 4.50. The second-order valence-electron chi connectivity index (χ2n) is 5.09. The van der Waals surface area contributed by atoms with Gasteiger partial charge in [0.2, 0.25) is 0 Å². The maximum absolute atomic E-state index is 13.1. The standard InChI is InChI=1S/C17H12FN3S/c1-21-9-19-16(11-2-5-13(18)6-3-11)17(21)12-4-7-14-15(8-12)22-10-20-14/h2-10H,1H3. The second kappa shape index (κ2) is 5.03. The van der Waals surface area contributed by atoms with Crippen LogP contribution in [-0.4, -0.2) is 14.5 Å². The highest BCUT2D eigenvalue weighted by Crippen LogP contribution is 2.33. The molecular formula is C17H12FN3S. The van der Waals surface area contributed by atoms with Crippen molar-refractivity contribution in [3.05, 3.63) is 60.1 Å². The molecule has 0 bridgehead atoms. The Morgan fingerprint density at radius 1 is 1.00 bits per heavy atom. The van der Waals surface area contributed by atoms with E-state index < -0.39 is 0 Å². The van der Waals surface area contributed by atoms with E-state index in [0.29, 0.717) is 0 Å². The summed E-state index contributed by atoms with van der Waals surface area (Å²) in [6.45, 7) is 0. The molecule has 0 saturated carbocycles. The zero-order chi connectivity index (χ0) is 15.1. The fraction of sp³-hybridized carbons (Fsp3) is 0.0588. The van der Waals surface area contributed by atoms with E-state index in [1.807, 2.05) is 29.3 Å². The van der Waals surface area contributed by atoms with Crippen LogP contribution in [0.5, 0.6) is 0 Å². The van der Waals surface area contributed by atoms with Crippen molar-refractivity contribution in [2.45, 2.75) is 0 Å². The summed E-state index contributed by atoms with van der Waals surface area (Å²) in [6.07, 6.45) is 1.78. The van der Waals surface area contributed by atoms with Gasteiger partial charge in [-0.3, -0.25) is 0 Å². The van der Waals surface area contributed by atoms with Crippen molar-refractivity contribution in [1.29, 1.82) is 0 Å². The summed E-state index contributed by atoms with van der Waals surface area (Å²) in [5.74, 6) is -0.243. The summed E-state index contributed by atoms with van der Waals surface area (Å²) in [7, 11) is 1.96. The first-order valence-corrected chi connectivity index (χ1v) is 7.71. The van der Waals surface area contributed by atoms with Crippen molar-refractivity contribution >= 4 is 21.6 Å². The van der Waals surface area contributed by atoms with Crippen molar-refractivity contribution in [1.82, 2.24) is 14.5 Å². The molecule has 0 unspecified atom stereocenters. The highest BCUT2D eigenvalue weighted by molar-refractivity contribution is 7.16. The number of rotatable bonds is 2. The van der Waals surface area contributed by atoms with Crippen LogP contribution in [0.4, 0.5) is 4.39 Å². The number of benzene rings is 2. The molecule has 0 radical (unpaired) electrons. The van der Waals surface area contributed by atoms with Gasteiger partial charge in [0.05, 0.1) is 33.4 Å². The van der Waals surface area contributed by atoms with Gasteiger partial charge in [0, 0.05) is 18.2 Å². The third-order valence-electron chi connectivity index (χ3n) is 3.66. The maximum Gasteiger partial charge on any atom is 0.123 e. The molecule has 3 nitrogen and oxygen atoms in total. The molecule has 2 aromatic carbocycles. The summed E-state index contributed by atoms with van der Waals surface area (Å²) in [4.78, 5) is 8.80. The summed E-state index contributed by atoms with van der Waals surface area (Å²) in [5, 5.41) is 0. The summed E-state index contributed by atoms with van der Waals surface area (Å²) in [5.41, 5.74) is 6.70. The summed E-state index contributed by atoms with van der Waals surface area (Å²) in [6, 6.07) is 12.6. The molecule has 0 spiro atoms. The lowest BCUT2D eigenvalue weighted by molar-refractivity contribution is 0.628. The van der Waals surface area contributed by atoms with E-state index in [-0.39, 0.29) is 5.82 Å². The molecule has 4 rings (SSSR count). The second-order valence-corrected chi connectivity index (χ2v) is 5.98. The van der Waals surface area contributed by atoms with Crippen molar-refractivity contribution in [2.24, 2.45) is 7.05 Å². The van der Waals surface area contributed by atoms with Gasteiger partial charge in [-0.1, -0.05) is 6.07 Å². The fourth-order valence-electron chi connectivity index (χ4n) is 2.59. The molecule has 0 aliphatic carbocycles. The lowest BCUT2D eigenvalue weighted by Crippen LogP contribution is -1.91.